The third-order valence-corrected chi connectivity index (χ3v) is 2.21. The van der Waals surface area contributed by atoms with Crippen LogP contribution in [0.1, 0.15) is 12.5 Å². The first-order valence-corrected chi connectivity index (χ1v) is 4.47. The fraction of sp³-hybridized carbons (Fsp3) is 0.222. The number of halogens is 2. The van der Waals surface area contributed by atoms with E-state index in [1.165, 1.54) is 13.2 Å². The van der Waals surface area contributed by atoms with Crippen molar-refractivity contribution in [1.29, 1.82) is 0 Å². The quantitative estimate of drug-likeness (QED) is 0.580. The molecule has 0 atom stereocenters. The second-order valence-corrected chi connectivity index (χ2v) is 3.34. The van der Waals surface area contributed by atoms with E-state index in [-0.39, 0.29) is 5.82 Å². The van der Waals surface area contributed by atoms with E-state index in [9.17, 15) is 4.39 Å². The van der Waals surface area contributed by atoms with Gasteiger partial charge in [-0.25, -0.2) is 4.39 Å². The third-order valence-electron chi connectivity index (χ3n) is 1.57. The van der Waals surface area contributed by atoms with Crippen LogP contribution in [0.25, 0.3) is 0 Å². The van der Waals surface area contributed by atoms with Crippen LogP contribution in [0.4, 0.5) is 4.39 Å². The Labute approximate surface area is 84.5 Å². The first kappa shape index (κ1) is 10.2. The van der Waals surface area contributed by atoms with Crippen LogP contribution in [0.15, 0.2) is 27.8 Å². The van der Waals surface area contributed by atoms with Crippen molar-refractivity contribution in [2.24, 2.45) is 5.16 Å². The van der Waals surface area contributed by atoms with Crippen molar-refractivity contribution in [3.63, 3.8) is 0 Å². The average molecular weight is 246 g/mol. The predicted octanol–water partition coefficient (Wildman–Crippen LogP) is 2.96. The molecule has 0 fully saturated rings. The molecule has 0 aliphatic carbocycles. The first-order valence-electron chi connectivity index (χ1n) is 3.68. The van der Waals surface area contributed by atoms with Gasteiger partial charge in [0.25, 0.3) is 0 Å². The molecule has 0 bridgehead atoms. The zero-order chi connectivity index (χ0) is 9.84. The number of hydrogen-bond acceptors (Lipinski definition) is 2. The molecule has 1 aromatic rings. The lowest BCUT2D eigenvalue weighted by Crippen LogP contribution is -1.96. The smallest absolute Gasteiger partial charge is 0.138 e. The fourth-order valence-electron chi connectivity index (χ4n) is 0.911. The van der Waals surface area contributed by atoms with E-state index in [0.717, 1.165) is 0 Å². The van der Waals surface area contributed by atoms with Crippen molar-refractivity contribution in [2.45, 2.75) is 6.92 Å². The molecule has 0 radical (unpaired) electrons. The maximum Gasteiger partial charge on any atom is 0.138 e. The van der Waals surface area contributed by atoms with Crippen molar-refractivity contribution in [3.05, 3.63) is 34.1 Å². The SMILES string of the molecule is CO/N=C(/C)c1ccc(Br)c(F)c1. The van der Waals surface area contributed by atoms with Crippen molar-refractivity contribution in [3.8, 4) is 0 Å². The van der Waals surface area contributed by atoms with Crippen molar-refractivity contribution in [1.82, 2.24) is 0 Å². The number of nitrogens with zero attached hydrogens (tertiary/aromatic N) is 1. The highest BCUT2D eigenvalue weighted by Gasteiger charge is 2.02. The summed E-state index contributed by atoms with van der Waals surface area (Å²) in [6.45, 7) is 1.76. The normalized spacial score (nSPS) is 11.5. The second kappa shape index (κ2) is 4.37. The van der Waals surface area contributed by atoms with Crippen LogP contribution in [0, 0.1) is 5.82 Å². The number of rotatable bonds is 2. The minimum atomic E-state index is -0.303. The molecule has 0 aromatic heterocycles. The molecule has 70 valence electrons. The number of benzene rings is 1. The molecule has 0 amide bonds. The summed E-state index contributed by atoms with van der Waals surface area (Å²) in [4.78, 5) is 4.58. The van der Waals surface area contributed by atoms with Crippen LogP contribution in [-0.2, 0) is 4.84 Å². The molecular formula is C9H9BrFNO. The number of hydrogen-bond donors (Lipinski definition) is 0. The summed E-state index contributed by atoms with van der Waals surface area (Å²) in [5, 5.41) is 3.70. The van der Waals surface area contributed by atoms with E-state index < -0.39 is 0 Å². The van der Waals surface area contributed by atoms with E-state index in [1.54, 1.807) is 19.1 Å². The largest absolute Gasteiger partial charge is 0.399 e. The zero-order valence-corrected chi connectivity index (χ0v) is 8.93. The predicted molar refractivity (Wildman–Crippen MR) is 53.3 cm³/mol. The Bertz CT molecular complexity index is 338. The second-order valence-electron chi connectivity index (χ2n) is 2.49. The Morgan fingerprint density at radius 3 is 2.77 bits per heavy atom. The summed E-state index contributed by atoms with van der Waals surface area (Å²) >= 11 is 3.07. The lowest BCUT2D eigenvalue weighted by molar-refractivity contribution is 0.213. The van der Waals surface area contributed by atoms with Gasteiger partial charge in [-0.3, -0.25) is 0 Å². The molecule has 0 aliphatic rings. The van der Waals surface area contributed by atoms with Crippen molar-refractivity contribution in [2.75, 3.05) is 7.11 Å². The van der Waals surface area contributed by atoms with Crippen LogP contribution in [0.2, 0.25) is 0 Å². The van der Waals surface area contributed by atoms with E-state index in [4.69, 9.17) is 0 Å². The van der Waals surface area contributed by atoms with Crippen LogP contribution >= 0.6 is 15.9 Å². The monoisotopic (exact) mass is 245 g/mol. The summed E-state index contributed by atoms with van der Waals surface area (Å²) in [7, 11) is 1.46. The maximum absolute atomic E-state index is 13.0. The summed E-state index contributed by atoms with van der Waals surface area (Å²) < 4.78 is 13.5. The molecule has 0 heterocycles. The van der Waals surface area contributed by atoms with Gasteiger partial charge in [-0.15, -0.1) is 0 Å². The molecule has 4 heteroatoms. The van der Waals surface area contributed by atoms with Gasteiger partial charge < -0.3 is 4.84 Å². The molecule has 13 heavy (non-hydrogen) atoms. The van der Waals surface area contributed by atoms with Gasteiger partial charge in [0.05, 0.1) is 10.2 Å². The highest BCUT2D eigenvalue weighted by atomic mass is 79.9. The molecule has 0 saturated carbocycles. The molecular weight excluding hydrogens is 237 g/mol. The summed E-state index contributed by atoms with van der Waals surface area (Å²) in [6.07, 6.45) is 0. The first-order chi connectivity index (χ1) is 6.15. The minimum absolute atomic E-state index is 0.303. The molecule has 1 aromatic carbocycles. The van der Waals surface area contributed by atoms with E-state index in [1.807, 2.05) is 0 Å². The highest BCUT2D eigenvalue weighted by Crippen LogP contribution is 2.16. The Morgan fingerprint density at radius 2 is 2.23 bits per heavy atom. The van der Waals surface area contributed by atoms with Gasteiger partial charge in [0.1, 0.15) is 12.9 Å². The molecule has 0 aliphatic heterocycles. The lowest BCUT2D eigenvalue weighted by atomic mass is 10.1. The van der Waals surface area contributed by atoms with E-state index in [0.29, 0.717) is 15.7 Å². The van der Waals surface area contributed by atoms with Crippen molar-refractivity contribution < 1.29 is 9.23 Å². The topological polar surface area (TPSA) is 21.6 Å². The summed E-state index contributed by atoms with van der Waals surface area (Å²) in [5.74, 6) is -0.303. The van der Waals surface area contributed by atoms with Gasteiger partial charge in [0.15, 0.2) is 0 Å². The van der Waals surface area contributed by atoms with Gasteiger partial charge >= 0.3 is 0 Å². The highest BCUT2D eigenvalue weighted by molar-refractivity contribution is 9.10. The van der Waals surface area contributed by atoms with Gasteiger partial charge in [0.2, 0.25) is 0 Å². The lowest BCUT2D eigenvalue weighted by Gasteiger charge is -2.00. The zero-order valence-electron chi connectivity index (χ0n) is 7.34. The van der Waals surface area contributed by atoms with Gasteiger partial charge in [-0.1, -0.05) is 11.2 Å². The molecule has 0 N–H and O–H groups in total. The van der Waals surface area contributed by atoms with Crippen molar-refractivity contribution >= 4 is 21.6 Å². The Balaban J connectivity index is 3.04. The average Bonchev–Trinajstić information content (AvgIpc) is 2.10. The molecule has 0 spiro atoms. The standard InChI is InChI=1S/C9H9BrFNO/c1-6(12-13-2)7-3-4-8(10)9(11)5-7/h3-5H,1-2H3/b12-6-. The maximum atomic E-state index is 13.0. The van der Waals surface area contributed by atoms with Gasteiger partial charge in [-0.05, 0) is 35.0 Å². The molecule has 2 nitrogen and oxygen atoms in total. The number of oxime groups is 1. The van der Waals surface area contributed by atoms with Crippen LogP contribution in [0.5, 0.6) is 0 Å². The van der Waals surface area contributed by atoms with Gasteiger partial charge in [0, 0.05) is 5.56 Å². The van der Waals surface area contributed by atoms with Crippen LogP contribution in [0.3, 0.4) is 0 Å². The summed E-state index contributed by atoms with van der Waals surface area (Å²) in [5.41, 5.74) is 1.36. The van der Waals surface area contributed by atoms with Crippen LogP contribution < -0.4 is 0 Å². The fourth-order valence-corrected chi connectivity index (χ4v) is 1.16. The molecule has 0 saturated heterocycles. The Kier molecular flexibility index (Phi) is 3.42. The molecule has 1 rings (SSSR count). The Hall–Kier alpha value is -0.900. The summed E-state index contributed by atoms with van der Waals surface area (Å²) in [6, 6.07) is 4.81. The van der Waals surface area contributed by atoms with Crippen LogP contribution in [-0.4, -0.2) is 12.8 Å². The van der Waals surface area contributed by atoms with E-state index in [2.05, 4.69) is 25.9 Å². The van der Waals surface area contributed by atoms with Gasteiger partial charge in [-0.2, -0.15) is 0 Å². The third kappa shape index (κ3) is 2.52. The molecule has 0 unspecified atom stereocenters. The minimum Gasteiger partial charge on any atom is -0.399 e. The Morgan fingerprint density at radius 1 is 1.54 bits per heavy atom. The van der Waals surface area contributed by atoms with E-state index >= 15 is 0 Å².